The highest BCUT2D eigenvalue weighted by Crippen LogP contribution is 2.64. The number of benzene rings is 3. The summed E-state index contributed by atoms with van der Waals surface area (Å²) in [7, 11) is -4.13. The van der Waals surface area contributed by atoms with Crippen LogP contribution < -0.4 is 4.31 Å². The molecule has 0 aromatic heterocycles. The first kappa shape index (κ1) is 21.9. The van der Waals surface area contributed by atoms with Crippen molar-refractivity contribution in [3.8, 4) is 0 Å². The molecule has 1 atom stereocenters. The Hall–Kier alpha value is -2.89. The van der Waals surface area contributed by atoms with E-state index in [0.717, 1.165) is 26.6 Å². The lowest BCUT2D eigenvalue weighted by atomic mass is 9.74. The van der Waals surface area contributed by atoms with Crippen molar-refractivity contribution in [1.82, 2.24) is 0 Å². The smallest absolute Gasteiger partial charge is 0.270 e. The normalized spacial score (nSPS) is 21.7. The van der Waals surface area contributed by atoms with Crippen LogP contribution in [0.2, 0.25) is 5.02 Å². The number of para-hydroxylation sites is 1. The van der Waals surface area contributed by atoms with Gasteiger partial charge in [-0.2, -0.15) is 0 Å². The minimum Gasteiger partial charge on any atom is -0.272 e. The lowest BCUT2D eigenvalue weighted by molar-refractivity contribution is -0.124. The SMILES string of the molecule is CC1(C)C[C@]2(C)C(=O)N(S(=O)(=O)c3ccc(Cl)cc3)c3ccccc3C2=C1c1ccccc1. The molecule has 1 amide bonds. The number of carbonyl (C=O) groups is 1. The molecule has 0 saturated carbocycles. The molecule has 0 saturated heterocycles. The summed E-state index contributed by atoms with van der Waals surface area (Å²) in [6.45, 7) is 6.13. The van der Waals surface area contributed by atoms with Crippen LogP contribution in [0.15, 0.2) is 83.8 Å². The van der Waals surface area contributed by atoms with Gasteiger partial charge >= 0.3 is 0 Å². The molecule has 33 heavy (non-hydrogen) atoms. The molecule has 4 nitrogen and oxygen atoms in total. The zero-order chi connectivity index (χ0) is 23.6. The number of hydrogen-bond donors (Lipinski definition) is 0. The van der Waals surface area contributed by atoms with Gasteiger partial charge in [-0.1, -0.05) is 74.0 Å². The lowest BCUT2D eigenvalue weighted by Crippen LogP contribution is -2.49. The summed E-state index contributed by atoms with van der Waals surface area (Å²) in [5.74, 6) is -0.426. The molecule has 1 aliphatic heterocycles. The van der Waals surface area contributed by atoms with E-state index in [4.69, 9.17) is 11.6 Å². The number of anilines is 1. The maximum Gasteiger partial charge on any atom is 0.270 e. The number of allylic oxidation sites excluding steroid dienone is 1. The van der Waals surface area contributed by atoms with Crippen LogP contribution in [0.4, 0.5) is 5.69 Å². The Morgan fingerprint density at radius 3 is 2.09 bits per heavy atom. The molecule has 1 aliphatic carbocycles. The Labute approximate surface area is 199 Å². The number of hydrogen-bond acceptors (Lipinski definition) is 3. The predicted octanol–water partition coefficient (Wildman–Crippen LogP) is 6.42. The van der Waals surface area contributed by atoms with Gasteiger partial charge < -0.3 is 0 Å². The molecule has 3 aromatic rings. The molecule has 0 unspecified atom stereocenters. The largest absolute Gasteiger partial charge is 0.272 e. The van der Waals surface area contributed by atoms with E-state index in [1.165, 1.54) is 24.3 Å². The molecule has 3 aromatic carbocycles. The Kier molecular flexibility index (Phi) is 4.86. The van der Waals surface area contributed by atoms with E-state index in [0.29, 0.717) is 17.1 Å². The number of carbonyl (C=O) groups excluding carboxylic acids is 1. The van der Waals surface area contributed by atoms with Gasteiger partial charge in [0.2, 0.25) is 0 Å². The van der Waals surface area contributed by atoms with Crippen LogP contribution in [0.5, 0.6) is 0 Å². The Morgan fingerprint density at radius 1 is 0.818 bits per heavy atom. The Bertz CT molecular complexity index is 1410. The Morgan fingerprint density at radius 2 is 1.42 bits per heavy atom. The molecule has 1 heterocycles. The van der Waals surface area contributed by atoms with E-state index in [-0.39, 0.29) is 10.3 Å². The quantitative estimate of drug-likeness (QED) is 0.437. The van der Waals surface area contributed by atoms with Crippen molar-refractivity contribution in [2.75, 3.05) is 4.31 Å². The van der Waals surface area contributed by atoms with E-state index in [2.05, 4.69) is 26.0 Å². The number of sulfonamides is 1. The second-order valence-electron chi connectivity index (χ2n) is 9.55. The van der Waals surface area contributed by atoms with E-state index in [9.17, 15) is 13.2 Å². The van der Waals surface area contributed by atoms with E-state index in [1.54, 1.807) is 12.1 Å². The van der Waals surface area contributed by atoms with Crippen LogP contribution in [0.3, 0.4) is 0 Å². The molecule has 0 bridgehead atoms. The van der Waals surface area contributed by atoms with Crippen molar-refractivity contribution in [3.05, 3.63) is 95.0 Å². The number of rotatable bonds is 3. The van der Waals surface area contributed by atoms with Gasteiger partial charge in [0.25, 0.3) is 15.9 Å². The van der Waals surface area contributed by atoms with Crippen molar-refractivity contribution < 1.29 is 13.2 Å². The molecule has 0 spiro atoms. The van der Waals surface area contributed by atoms with Gasteiger partial charge in [-0.25, -0.2) is 12.7 Å². The minimum absolute atomic E-state index is 0.0339. The van der Waals surface area contributed by atoms with Crippen molar-refractivity contribution >= 4 is 44.4 Å². The molecule has 0 fully saturated rings. The van der Waals surface area contributed by atoms with Crippen LogP contribution in [0, 0.1) is 10.8 Å². The molecule has 5 rings (SSSR count). The van der Waals surface area contributed by atoms with Crippen LogP contribution in [0.25, 0.3) is 11.1 Å². The second-order valence-corrected chi connectivity index (χ2v) is 11.8. The van der Waals surface area contributed by atoms with Gasteiger partial charge in [-0.3, -0.25) is 4.79 Å². The molecule has 2 aliphatic rings. The van der Waals surface area contributed by atoms with E-state index >= 15 is 0 Å². The molecule has 6 heteroatoms. The summed E-state index contributed by atoms with van der Waals surface area (Å²) < 4.78 is 28.5. The number of nitrogens with zero attached hydrogens (tertiary/aromatic N) is 1. The van der Waals surface area contributed by atoms with Crippen LogP contribution in [0.1, 0.15) is 38.3 Å². The topological polar surface area (TPSA) is 54.5 Å². The van der Waals surface area contributed by atoms with Crippen molar-refractivity contribution in [2.24, 2.45) is 10.8 Å². The number of fused-ring (bicyclic) bond motifs is 3. The third-order valence-corrected chi connectivity index (χ3v) is 8.70. The van der Waals surface area contributed by atoms with Crippen LogP contribution >= 0.6 is 11.6 Å². The fraction of sp³-hybridized carbons (Fsp3) is 0.222. The van der Waals surface area contributed by atoms with Crippen molar-refractivity contribution in [3.63, 3.8) is 0 Å². The molecular weight excluding hydrogens is 454 g/mol. The third kappa shape index (κ3) is 3.17. The monoisotopic (exact) mass is 477 g/mol. The lowest BCUT2D eigenvalue weighted by Gasteiger charge is -2.40. The summed E-state index contributed by atoms with van der Waals surface area (Å²) in [5.41, 5.74) is 2.92. The van der Waals surface area contributed by atoms with E-state index < -0.39 is 21.3 Å². The maximum absolute atomic E-state index is 14.1. The van der Waals surface area contributed by atoms with Crippen LogP contribution in [-0.2, 0) is 14.8 Å². The number of amides is 1. The fourth-order valence-corrected chi connectivity index (χ4v) is 7.23. The fourth-order valence-electron chi connectivity index (χ4n) is 5.58. The first-order valence-electron chi connectivity index (χ1n) is 10.8. The minimum atomic E-state index is -4.13. The number of halogens is 1. The van der Waals surface area contributed by atoms with Gasteiger partial charge in [-0.15, -0.1) is 0 Å². The highest BCUT2D eigenvalue weighted by atomic mass is 35.5. The summed E-state index contributed by atoms with van der Waals surface area (Å²) in [4.78, 5) is 14.2. The van der Waals surface area contributed by atoms with Crippen LogP contribution in [-0.4, -0.2) is 14.3 Å². The maximum atomic E-state index is 14.1. The summed E-state index contributed by atoms with van der Waals surface area (Å²) in [5, 5.41) is 0.432. The second kappa shape index (κ2) is 7.31. The zero-order valence-electron chi connectivity index (χ0n) is 18.7. The van der Waals surface area contributed by atoms with Gasteiger partial charge in [0.1, 0.15) is 0 Å². The third-order valence-electron chi connectivity index (χ3n) is 6.74. The summed E-state index contributed by atoms with van der Waals surface area (Å²) in [6, 6.07) is 23.3. The van der Waals surface area contributed by atoms with Gasteiger partial charge in [0.05, 0.1) is 16.0 Å². The molecule has 0 radical (unpaired) electrons. The predicted molar refractivity (Wildman–Crippen MR) is 132 cm³/mol. The molecule has 0 N–H and O–H groups in total. The highest BCUT2D eigenvalue weighted by molar-refractivity contribution is 7.93. The molecule has 168 valence electrons. The zero-order valence-corrected chi connectivity index (χ0v) is 20.2. The molecular formula is C27H24ClNO3S. The summed E-state index contributed by atoms with van der Waals surface area (Å²) >= 11 is 5.98. The first-order chi connectivity index (χ1) is 15.6. The van der Waals surface area contributed by atoms with Crippen molar-refractivity contribution in [2.45, 2.75) is 32.1 Å². The van der Waals surface area contributed by atoms with Gasteiger partial charge in [-0.05, 0) is 65.8 Å². The highest BCUT2D eigenvalue weighted by Gasteiger charge is 2.58. The van der Waals surface area contributed by atoms with Crippen molar-refractivity contribution in [1.29, 1.82) is 0 Å². The summed E-state index contributed by atoms with van der Waals surface area (Å²) in [6.07, 6.45) is 0.513. The van der Waals surface area contributed by atoms with E-state index in [1.807, 2.05) is 37.3 Å². The first-order valence-corrected chi connectivity index (χ1v) is 12.6. The van der Waals surface area contributed by atoms with Gasteiger partial charge in [0.15, 0.2) is 0 Å². The van der Waals surface area contributed by atoms with Gasteiger partial charge in [0, 0.05) is 10.6 Å². The average Bonchev–Trinajstić information content (AvgIpc) is 3.01. The standard InChI is InChI=1S/C27H24ClNO3S/c1-26(2)17-27(3)24(23(26)18-9-5-4-6-10-18)21-11-7-8-12-22(21)29(25(27)30)33(31,32)20-15-13-19(28)14-16-20/h4-16H,17H2,1-3H3/t27-/m0/s1. The average molecular weight is 478 g/mol. The Balaban J connectivity index is 1.81.